The maximum Gasteiger partial charge on any atom is 0.301 e. The number of nitrogens with zero attached hydrogens (tertiary/aromatic N) is 3. The van der Waals surface area contributed by atoms with Crippen molar-refractivity contribution in [2.75, 3.05) is 24.7 Å². The lowest BCUT2D eigenvalue weighted by Crippen LogP contribution is -2.29. The fourth-order valence-electron chi connectivity index (χ4n) is 5.55. The fraction of sp³-hybridized carbons (Fsp3) is 0.176. The molecule has 0 aliphatic carbocycles. The van der Waals surface area contributed by atoms with E-state index in [-0.39, 0.29) is 16.5 Å². The van der Waals surface area contributed by atoms with Crippen LogP contribution in [-0.2, 0) is 15.3 Å². The Morgan fingerprint density at radius 1 is 0.978 bits per heavy atom. The predicted octanol–water partition coefficient (Wildman–Crippen LogP) is 6.78. The minimum absolute atomic E-state index is 0.0644. The molecular weight excluding hydrogens is 611 g/mol. The first kappa shape index (κ1) is 28.9. The number of rotatable bonds is 8. The standard InChI is InChI=1S/C34H27N3O6S2/c1-2-41-24-11-6-9-21(17-24)29-28(30(38)22-13-14-26-27(18-22)43-16-15-42-26)31(39)32(40)37(29)33-35-36-34(45-33)44-19-23-10-5-8-20-7-3-4-12-25(20)23/h3-14,17-18,29,38H,2,15-16,19H2,1H3/b30-28-. The molecule has 1 atom stereocenters. The van der Waals surface area contributed by atoms with E-state index in [0.717, 1.165) is 16.3 Å². The molecule has 9 nitrogen and oxygen atoms in total. The minimum Gasteiger partial charge on any atom is -0.507 e. The molecule has 2 aliphatic rings. The summed E-state index contributed by atoms with van der Waals surface area (Å²) in [5.74, 6) is 0.266. The third kappa shape index (κ3) is 5.49. The Labute approximate surface area is 267 Å². The van der Waals surface area contributed by atoms with Crippen molar-refractivity contribution in [3.63, 3.8) is 0 Å². The van der Waals surface area contributed by atoms with Crippen molar-refractivity contribution < 1.29 is 28.9 Å². The van der Waals surface area contributed by atoms with Crippen LogP contribution in [0.1, 0.15) is 29.7 Å². The molecule has 226 valence electrons. The second-order valence-corrected chi connectivity index (χ2v) is 12.5. The summed E-state index contributed by atoms with van der Waals surface area (Å²) in [6, 6.07) is 25.5. The van der Waals surface area contributed by atoms with E-state index in [2.05, 4.69) is 34.5 Å². The number of fused-ring (bicyclic) bond motifs is 2. The SMILES string of the molecule is CCOc1cccc(C2/C(=C(/O)c3ccc4c(c3)OCCO4)C(=O)C(=O)N2c2nnc(SCc3cccc4ccccc34)s2)c1. The van der Waals surface area contributed by atoms with Gasteiger partial charge >= 0.3 is 5.91 Å². The fourth-order valence-corrected chi connectivity index (χ4v) is 7.42. The lowest BCUT2D eigenvalue weighted by Gasteiger charge is -2.23. The van der Waals surface area contributed by atoms with E-state index >= 15 is 0 Å². The van der Waals surface area contributed by atoms with Gasteiger partial charge in [0.05, 0.1) is 18.2 Å². The molecule has 11 heteroatoms. The maximum atomic E-state index is 13.7. The molecule has 2 aliphatic heterocycles. The Hall–Kier alpha value is -4.87. The highest BCUT2D eigenvalue weighted by Gasteiger charge is 2.48. The van der Waals surface area contributed by atoms with Gasteiger partial charge in [-0.05, 0) is 59.2 Å². The number of thioether (sulfide) groups is 1. The van der Waals surface area contributed by atoms with Crippen molar-refractivity contribution in [3.05, 3.63) is 107 Å². The van der Waals surface area contributed by atoms with Crippen LogP contribution in [0.4, 0.5) is 5.13 Å². The van der Waals surface area contributed by atoms with Crippen molar-refractivity contribution in [1.82, 2.24) is 10.2 Å². The third-order valence-corrected chi connectivity index (χ3v) is 9.68. The summed E-state index contributed by atoms with van der Waals surface area (Å²) in [7, 11) is 0. The molecule has 0 radical (unpaired) electrons. The van der Waals surface area contributed by atoms with Crippen LogP contribution in [0.5, 0.6) is 17.2 Å². The molecule has 1 N–H and O–H groups in total. The van der Waals surface area contributed by atoms with E-state index in [1.165, 1.54) is 28.0 Å². The Kier molecular flexibility index (Phi) is 7.86. The minimum atomic E-state index is -0.970. The number of benzene rings is 4. The van der Waals surface area contributed by atoms with Crippen LogP contribution in [0.2, 0.25) is 0 Å². The highest BCUT2D eigenvalue weighted by molar-refractivity contribution is 8.00. The van der Waals surface area contributed by atoms with Crippen LogP contribution in [0.15, 0.2) is 94.8 Å². The van der Waals surface area contributed by atoms with Gasteiger partial charge < -0.3 is 19.3 Å². The van der Waals surface area contributed by atoms with Crippen LogP contribution in [0.25, 0.3) is 16.5 Å². The van der Waals surface area contributed by atoms with Gasteiger partial charge in [0.25, 0.3) is 5.78 Å². The number of hydrogen-bond acceptors (Lipinski definition) is 10. The molecule has 4 aromatic carbocycles. The zero-order chi connectivity index (χ0) is 30.9. The van der Waals surface area contributed by atoms with E-state index in [0.29, 0.717) is 58.3 Å². The molecule has 5 aromatic rings. The molecule has 1 amide bonds. The molecule has 45 heavy (non-hydrogen) atoms. The highest BCUT2D eigenvalue weighted by atomic mass is 32.2. The van der Waals surface area contributed by atoms with Crippen molar-refractivity contribution in [1.29, 1.82) is 0 Å². The smallest absolute Gasteiger partial charge is 0.301 e. The Balaban J connectivity index is 1.26. The van der Waals surface area contributed by atoms with E-state index in [1.54, 1.807) is 42.5 Å². The number of aromatic nitrogens is 2. The normalized spacial score (nSPS) is 17.2. The van der Waals surface area contributed by atoms with Crippen molar-refractivity contribution in [2.24, 2.45) is 0 Å². The summed E-state index contributed by atoms with van der Waals surface area (Å²) in [6.07, 6.45) is 0. The Morgan fingerprint density at radius 2 is 1.78 bits per heavy atom. The molecule has 1 aromatic heterocycles. The van der Waals surface area contributed by atoms with E-state index < -0.39 is 17.7 Å². The Bertz CT molecular complexity index is 1970. The monoisotopic (exact) mass is 637 g/mol. The summed E-state index contributed by atoms with van der Waals surface area (Å²) < 4.78 is 17.7. The van der Waals surface area contributed by atoms with Crippen LogP contribution in [0, 0.1) is 0 Å². The number of hydrogen-bond donors (Lipinski definition) is 1. The number of carbonyl (C=O) groups is 2. The summed E-state index contributed by atoms with van der Waals surface area (Å²) in [4.78, 5) is 28.7. The van der Waals surface area contributed by atoms with Crippen LogP contribution < -0.4 is 19.1 Å². The van der Waals surface area contributed by atoms with Gasteiger partial charge in [0.2, 0.25) is 5.13 Å². The molecule has 0 bridgehead atoms. The number of amides is 1. The van der Waals surface area contributed by atoms with Gasteiger partial charge in [-0.1, -0.05) is 77.7 Å². The largest absolute Gasteiger partial charge is 0.507 e. The molecular formula is C34H27N3O6S2. The third-order valence-electron chi connectivity index (χ3n) is 7.58. The second-order valence-electron chi connectivity index (χ2n) is 10.3. The molecule has 7 rings (SSSR count). The average molecular weight is 638 g/mol. The molecule has 1 fully saturated rings. The first-order valence-electron chi connectivity index (χ1n) is 14.4. The topological polar surface area (TPSA) is 111 Å². The first-order chi connectivity index (χ1) is 22.0. The van der Waals surface area contributed by atoms with Gasteiger partial charge in [0.1, 0.15) is 24.7 Å². The zero-order valence-electron chi connectivity index (χ0n) is 24.1. The van der Waals surface area contributed by atoms with E-state index in [9.17, 15) is 14.7 Å². The van der Waals surface area contributed by atoms with Crippen molar-refractivity contribution in [2.45, 2.75) is 23.1 Å². The first-order valence-corrected chi connectivity index (χ1v) is 16.2. The van der Waals surface area contributed by atoms with Gasteiger partial charge in [-0.25, -0.2) is 0 Å². The molecule has 0 spiro atoms. The van der Waals surface area contributed by atoms with Gasteiger partial charge in [-0.3, -0.25) is 14.5 Å². The van der Waals surface area contributed by atoms with Crippen molar-refractivity contribution in [3.8, 4) is 17.2 Å². The molecule has 1 saturated heterocycles. The summed E-state index contributed by atoms with van der Waals surface area (Å²) in [5, 5.41) is 22.9. The number of anilines is 1. The van der Waals surface area contributed by atoms with E-state index in [1.807, 2.05) is 25.1 Å². The lowest BCUT2D eigenvalue weighted by atomic mass is 9.95. The molecule has 1 unspecified atom stereocenters. The quantitative estimate of drug-likeness (QED) is 0.0647. The Morgan fingerprint density at radius 3 is 2.64 bits per heavy atom. The van der Waals surface area contributed by atoms with Gasteiger partial charge in [0.15, 0.2) is 15.8 Å². The molecule has 3 heterocycles. The molecule has 0 saturated carbocycles. The number of Topliss-reactive ketones (excluding diaryl/α,β-unsaturated/α-hetero) is 1. The lowest BCUT2D eigenvalue weighted by molar-refractivity contribution is -0.132. The van der Waals surface area contributed by atoms with Gasteiger partial charge in [-0.15, -0.1) is 10.2 Å². The maximum absolute atomic E-state index is 13.7. The number of carbonyl (C=O) groups excluding carboxylic acids is 2. The number of ether oxygens (including phenoxy) is 3. The summed E-state index contributed by atoms with van der Waals surface area (Å²) >= 11 is 2.73. The summed E-state index contributed by atoms with van der Waals surface area (Å²) in [6.45, 7) is 3.10. The number of ketones is 1. The van der Waals surface area contributed by atoms with Crippen LogP contribution in [0.3, 0.4) is 0 Å². The highest BCUT2D eigenvalue weighted by Crippen LogP contribution is 2.45. The average Bonchev–Trinajstić information content (AvgIpc) is 3.65. The van der Waals surface area contributed by atoms with Crippen LogP contribution >= 0.6 is 23.1 Å². The number of aliphatic hydroxyl groups is 1. The second kappa shape index (κ2) is 12.3. The zero-order valence-corrected chi connectivity index (χ0v) is 25.8. The summed E-state index contributed by atoms with van der Waals surface area (Å²) in [5.41, 5.74) is 2.00. The van der Waals surface area contributed by atoms with Gasteiger partial charge in [0, 0.05) is 11.3 Å². The van der Waals surface area contributed by atoms with Gasteiger partial charge in [-0.2, -0.15) is 0 Å². The predicted molar refractivity (Wildman–Crippen MR) is 173 cm³/mol. The van der Waals surface area contributed by atoms with E-state index in [4.69, 9.17) is 14.2 Å². The van der Waals surface area contributed by atoms with Crippen molar-refractivity contribution >= 4 is 56.5 Å². The number of aliphatic hydroxyl groups excluding tert-OH is 1. The van der Waals surface area contributed by atoms with Crippen LogP contribution in [-0.4, -0.2) is 46.8 Å².